The van der Waals surface area contributed by atoms with Crippen molar-refractivity contribution in [1.82, 2.24) is 0 Å². The lowest BCUT2D eigenvalue weighted by molar-refractivity contribution is -0.385. The number of nitrogens with two attached hydrogens (primary N) is 1. The third kappa shape index (κ3) is 2.65. The molecule has 0 bridgehead atoms. The summed E-state index contributed by atoms with van der Waals surface area (Å²) in [5, 5.41) is 11.0. The van der Waals surface area contributed by atoms with Crippen LogP contribution < -0.4 is 5.73 Å². The summed E-state index contributed by atoms with van der Waals surface area (Å²) in [4.78, 5) is 10.6. The Labute approximate surface area is 116 Å². The van der Waals surface area contributed by atoms with Crippen LogP contribution in [0.2, 0.25) is 0 Å². The lowest BCUT2D eigenvalue weighted by atomic mass is 9.68. The zero-order chi connectivity index (χ0) is 15.0. The maximum atomic E-state index is 13.3. The van der Waals surface area contributed by atoms with Crippen molar-refractivity contribution in [2.24, 2.45) is 5.73 Å². The Kier molecular flexibility index (Phi) is 3.77. The first kappa shape index (κ1) is 14.8. The Balaban J connectivity index is 2.38. The summed E-state index contributed by atoms with van der Waals surface area (Å²) in [6.45, 7) is 1.88. The van der Waals surface area contributed by atoms with E-state index in [1.807, 2.05) is 0 Å². The van der Waals surface area contributed by atoms with Gasteiger partial charge in [-0.05, 0) is 25.3 Å². The minimum atomic E-state index is -2.64. The number of alkyl halides is 2. The van der Waals surface area contributed by atoms with Gasteiger partial charge in [0, 0.05) is 36.4 Å². The number of nitro groups is 1. The SMILES string of the molecule is Cc1ccc(C2(CN)CCC(F)(F)CC2)cc1[N+](=O)[O-]. The zero-order valence-corrected chi connectivity index (χ0v) is 11.4. The highest BCUT2D eigenvalue weighted by molar-refractivity contribution is 5.45. The maximum absolute atomic E-state index is 13.3. The van der Waals surface area contributed by atoms with Crippen molar-refractivity contribution in [2.45, 2.75) is 43.9 Å². The van der Waals surface area contributed by atoms with E-state index < -0.39 is 16.3 Å². The Morgan fingerprint density at radius 3 is 2.40 bits per heavy atom. The number of benzene rings is 1. The molecule has 1 fully saturated rings. The molecule has 20 heavy (non-hydrogen) atoms. The van der Waals surface area contributed by atoms with E-state index in [-0.39, 0.29) is 37.9 Å². The highest BCUT2D eigenvalue weighted by Crippen LogP contribution is 2.45. The summed E-state index contributed by atoms with van der Waals surface area (Å²) in [5.74, 6) is -2.64. The fraction of sp³-hybridized carbons (Fsp3) is 0.571. The maximum Gasteiger partial charge on any atom is 0.272 e. The van der Waals surface area contributed by atoms with E-state index in [0.717, 1.165) is 0 Å². The first-order valence-corrected chi connectivity index (χ1v) is 6.63. The van der Waals surface area contributed by atoms with Crippen molar-refractivity contribution < 1.29 is 13.7 Å². The van der Waals surface area contributed by atoms with Crippen LogP contribution in [0.1, 0.15) is 36.8 Å². The van der Waals surface area contributed by atoms with Crippen LogP contribution in [-0.2, 0) is 5.41 Å². The van der Waals surface area contributed by atoms with E-state index in [0.29, 0.717) is 11.1 Å². The summed E-state index contributed by atoms with van der Waals surface area (Å²) < 4.78 is 26.6. The Morgan fingerprint density at radius 2 is 1.90 bits per heavy atom. The third-order valence-corrected chi connectivity index (χ3v) is 4.35. The average molecular weight is 284 g/mol. The normalized spacial score (nSPS) is 20.6. The van der Waals surface area contributed by atoms with Crippen molar-refractivity contribution in [3.8, 4) is 0 Å². The molecule has 6 heteroatoms. The predicted octanol–water partition coefficient (Wildman–Crippen LogP) is 3.31. The van der Waals surface area contributed by atoms with Crippen LogP contribution in [0.4, 0.5) is 14.5 Å². The van der Waals surface area contributed by atoms with Gasteiger partial charge in [-0.1, -0.05) is 12.1 Å². The number of hydrogen-bond acceptors (Lipinski definition) is 3. The number of rotatable bonds is 3. The van der Waals surface area contributed by atoms with Gasteiger partial charge in [-0.25, -0.2) is 8.78 Å². The summed E-state index contributed by atoms with van der Waals surface area (Å²) in [5.41, 5.74) is 6.52. The molecule has 2 N–H and O–H groups in total. The molecule has 0 saturated heterocycles. The van der Waals surface area contributed by atoms with Crippen molar-refractivity contribution in [3.05, 3.63) is 39.4 Å². The van der Waals surface area contributed by atoms with Gasteiger partial charge in [0.25, 0.3) is 5.69 Å². The van der Waals surface area contributed by atoms with E-state index in [4.69, 9.17) is 5.73 Å². The van der Waals surface area contributed by atoms with Crippen LogP contribution in [0.25, 0.3) is 0 Å². The van der Waals surface area contributed by atoms with Gasteiger partial charge in [0.2, 0.25) is 5.92 Å². The highest BCUT2D eigenvalue weighted by atomic mass is 19.3. The molecule has 1 saturated carbocycles. The van der Waals surface area contributed by atoms with E-state index in [1.165, 1.54) is 6.07 Å². The molecule has 0 atom stereocenters. The first-order valence-electron chi connectivity index (χ1n) is 6.63. The van der Waals surface area contributed by atoms with Crippen LogP contribution in [0.5, 0.6) is 0 Å². The molecular formula is C14H18F2N2O2. The van der Waals surface area contributed by atoms with Gasteiger partial charge < -0.3 is 5.73 Å². The molecule has 0 aromatic heterocycles. The minimum Gasteiger partial charge on any atom is -0.330 e. The second kappa shape index (κ2) is 5.09. The van der Waals surface area contributed by atoms with Gasteiger partial charge in [0.15, 0.2) is 0 Å². The van der Waals surface area contributed by atoms with Gasteiger partial charge >= 0.3 is 0 Å². The van der Waals surface area contributed by atoms with E-state index in [1.54, 1.807) is 19.1 Å². The van der Waals surface area contributed by atoms with Crippen LogP contribution in [-0.4, -0.2) is 17.4 Å². The topological polar surface area (TPSA) is 69.2 Å². The minimum absolute atomic E-state index is 0.0210. The number of hydrogen-bond donors (Lipinski definition) is 1. The smallest absolute Gasteiger partial charge is 0.272 e. The molecule has 4 nitrogen and oxygen atoms in total. The molecule has 0 radical (unpaired) electrons. The van der Waals surface area contributed by atoms with Crippen molar-refractivity contribution in [1.29, 1.82) is 0 Å². The standard InChI is InChI=1S/C14H18F2N2O2/c1-10-2-3-11(8-12(10)18(19)20)13(9-17)4-6-14(15,16)7-5-13/h2-3,8H,4-7,9,17H2,1H3. The monoisotopic (exact) mass is 284 g/mol. The van der Waals surface area contributed by atoms with E-state index in [2.05, 4.69) is 0 Å². The van der Waals surface area contributed by atoms with Crippen molar-refractivity contribution in [3.63, 3.8) is 0 Å². The van der Waals surface area contributed by atoms with Crippen LogP contribution >= 0.6 is 0 Å². The van der Waals surface area contributed by atoms with Gasteiger partial charge in [0.1, 0.15) is 0 Å². The number of nitrogens with zero attached hydrogens (tertiary/aromatic N) is 1. The lowest BCUT2D eigenvalue weighted by Gasteiger charge is -2.39. The molecule has 1 aliphatic rings. The molecule has 0 unspecified atom stereocenters. The lowest BCUT2D eigenvalue weighted by Crippen LogP contribution is -2.42. The number of nitro benzene ring substituents is 1. The summed E-state index contributed by atoms with van der Waals surface area (Å²) >= 11 is 0. The molecule has 2 rings (SSSR count). The second-order valence-electron chi connectivity index (χ2n) is 5.60. The van der Waals surface area contributed by atoms with Crippen LogP contribution in [0.15, 0.2) is 18.2 Å². The largest absolute Gasteiger partial charge is 0.330 e. The first-order chi connectivity index (χ1) is 9.30. The highest BCUT2D eigenvalue weighted by Gasteiger charge is 2.44. The molecule has 0 heterocycles. The molecule has 0 aliphatic heterocycles. The summed E-state index contributed by atoms with van der Waals surface area (Å²) in [7, 11) is 0. The van der Waals surface area contributed by atoms with Gasteiger partial charge in [-0.3, -0.25) is 10.1 Å². The molecule has 1 aromatic rings. The van der Waals surface area contributed by atoms with Crippen molar-refractivity contribution >= 4 is 5.69 Å². The van der Waals surface area contributed by atoms with Crippen LogP contribution in [0.3, 0.4) is 0 Å². The quantitative estimate of drug-likeness (QED) is 0.684. The fourth-order valence-corrected chi connectivity index (χ4v) is 2.84. The van der Waals surface area contributed by atoms with Crippen LogP contribution in [0, 0.1) is 17.0 Å². The van der Waals surface area contributed by atoms with E-state index >= 15 is 0 Å². The Morgan fingerprint density at radius 1 is 1.30 bits per heavy atom. The Bertz CT molecular complexity index is 522. The van der Waals surface area contributed by atoms with Gasteiger partial charge in [-0.2, -0.15) is 0 Å². The molecular weight excluding hydrogens is 266 g/mol. The van der Waals surface area contributed by atoms with E-state index in [9.17, 15) is 18.9 Å². The van der Waals surface area contributed by atoms with Gasteiger partial charge in [0.05, 0.1) is 4.92 Å². The predicted molar refractivity (Wildman–Crippen MR) is 72.0 cm³/mol. The average Bonchev–Trinajstić information content (AvgIpc) is 2.40. The molecule has 1 aliphatic carbocycles. The third-order valence-electron chi connectivity index (χ3n) is 4.35. The number of aryl methyl sites for hydroxylation is 1. The summed E-state index contributed by atoms with van der Waals surface area (Å²) in [6, 6.07) is 4.93. The summed E-state index contributed by atoms with van der Waals surface area (Å²) in [6.07, 6.45) is 0.0885. The molecule has 0 amide bonds. The Hall–Kier alpha value is -1.56. The zero-order valence-electron chi connectivity index (χ0n) is 11.4. The van der Waals surface area contributed by atoms with Gasteiger partial charge in [-0.15, -0.1) is 0 Å². The molecule has 0 spiro atoms. The molecule has 110 valence electrons. The fourth-order valence-electron chi connectivity index (χ4n) is 2.84. The molecule has 1 aromatic carbocycles. The van der Waals surface area contributed by atoms with Crippen molar-refractivity contribution in [2.75, 3.05) is 6.54 Å². The number of halogens is 2. The second-order valence-corrected chi connectivity index (χ2v) is 5.60.